The van der Waals surface area contributed by atoms with E-state index in [2.05, 4.69) is 31.0 Å². The van der Waals surface area contributed by atoms with Crippen molar-refractivity contribution in [2.24, 2.45) is 0 Å². The predicted molar refractivity (Wildman–Crippen MR) is 108 cm³/mol. The summed E-state index contributed by atoms with van der Waals surface area (Å²) in [6.45, 7) is 11.7. The summed E-state index contributed by atoms with van der Waals surface area (Å²) in [7, 11) is 0. The fourth-order valence-corrected chi connectivity index (χ4v) is 3.19. The van der Waals surface area contributed by atoms with Crippen molar-refractivity contribution in [3.8, 4) is 0 Å². The van der Waals surface area contributed by atoms with Gasteiger partial charge in [0.05, 0.1) is 6.10 Å². The maximum absolute atomic E-state index is 10.00. The average Bonchev–Trinajstić information content (AvgIpc) is 2.60. The van der Waals surface area contributed by atoms with Gasteiger partial charge in [-0.05, 0) is 19.5 Å². The van der Waals surface area contributed by atoms with E-state index in [1.54, 1.807) is 0 Å². The Morgan fingerprint density at radius 3 is 1.75 bits per heavy atom. The van der Waals surface area contributed by atoms with E-state index in [1.807, 2.05) is 0 Å². The number of hydrogen-bond acceptors (Lipinski definition) is 3. The van der Waals surface area contributed by atoms with Crippen LogP contribution >= 0.6 is 0 Å². The molecule has 0 bridgehead atoms. The Morgan fingerprint density at radius 1 is 0.750 bits per heavy atom. The first-order valence-corrected chi connectivity index (χ1v) is 10.9. The van der Waals surface area contributed by atoms with Gasteiger partial charge in [0.25, 0.3) is 0 Å². The molecular formula is C21H46N2O. The molecule has 0 radical (unpaired) electrons. The molecule has 0 saturated heterocycles. The first-order chi connectivity index (χ1) is 11.7. The van der Waals surface area contributed by atoms with Crippen LogP contribution in [0, 0.1) is 0 Å². The monoisotopic (exact) mass is 342 g/mol. The van der Waals surface area contributed by atoms with Gasteiger partial charge in [0.1, 0.15) is 0 Å². The minimum absolute atomic E-state index is 0.166. The van der Waals surface area contributed by atoms with E-state index >= 15 is 0 Å². The second-order valence-electron chi connectivity index (χ2n) is 7.21. The van der Waals surface area contributed by atoms with Gasteiger partial charge < -0.3 is 15.3 Å². The van der Waals surface area contributed by atoms with Crippen LogP contribution in [0.5, 0.6) is 0 Å². The lowest BCUT2D eigenvalue weighted by atomic mass is 10.0. The van der Waals surface area contributed by atoms with Crippen LogP contribution in [0.1, 0.15) is 97.8 Å². The Balaban J connectivity index is 3.21. The highest BCUT2D eigenvalue weighted by Gasteiger charge is 2.04. The highest BCUT2D eigenvalue weighted by atomic mass is 16.3. The molecule has 0 heterocycles. The summed E-state index contributed by atoms with van der Waals surface area (Å²) in [5.74, 6) is 0. The van der Waals surface area contributed by atoms with E-state index in [-0.39, 0.29) is 6.10 Å². The topological polar surface area (TPSA) is 35.5 Å². The van der Waals surface area contributed by atoms with Gasteiger partial charge >= 0.3 is 0 Å². The minimum Gasteiger partial charge on any atom is -0.392 e. The number of nitrogens with zero attached hydrogens (tertiary/aromatic N) is 1. The molecule has 0 spiro atoms. The summed E-state index contributed by atoms with van der Waals surface area (Å²) in [5.41, 5.74) is 0. The summed E-state index contributed by atoms with van der Waals surface area (Å²) in [6.07, 6.45) is 15.8. The first-order valence-electron chi connectivity index (χ1n) is 10.9. The zero-order valence-electron chi connectivity index (χ0n) is 17.0. The molecule has 0 aromatic rings. The van der Waals surface area contributed by atoms with E-state index in [9.17, 15) is 5.11 Å². The normalized spacial score (nSPS) is 12.9. The number of likely N-dealkylation sites (N-methyl/N-ethyl adjacent to an activating group) is 1. The van der Waals surface area contributed by atoms with Gasteiger partial charge in [-0.2, -0.15) is 0 Å². The SMILES string of the molecule is CCCCCCCCCCCCCC(O)CNCCN(CC)CC. The third-order valence-electron chi connectivity index (χ3n) is 5.02. The molecule has 0 aromatic carbocycles. The molecule has 0 aliphatic heterocycles. The van der Waals surface area contributed by atoms with Crippen LogP contribution in [-0.2, 0) is 0 Å². The Hall–Kier alpha value is -0.120. The molecule has 3 heteroatoms. The number of rotatable bonds is 19. The Morgan fingerprint density at radius 2 is 1.25 bits per heavy atom. The molecule has 0 fully saturated rings. The molecule has 1 unspecified atom stereocenters. The maximum atomic E-state index is 10.00. The molecule has 0 rings (SSSR count). The molecule has 2 N–H and O–H groups in total. The minimum atomic E-state index is -0.166. The van der Waals surface area contributed by atoms with Crippen molar-refractivity contribution in [1.82, 2.24) is 10.2 Å². The van der Waals surface area contributed by atoms with E-state index in [1.165, 1.54) is 70.6 Å². The van der Waals surface area contributed by atoms with Gasteiger partial charge in [0, 0.05) is 19.6 Å². The van der Waals surface area contributed by atoms with Crippen molar-refractivity contribution in [2.45, 2.75) is 104 Å². The van der Waals surface area contributed by atoms with Gasteiger partial charge in [0.15, 0.2) is 0 Å². The van der Waals surface area contributed by atoms with Gasteiger partial charge in [-0.1, -0.05) is 91.4 Å². The third-order valence-corrected chi connectivity index (χ3v) is 5.02. The summed E-state index contributed by atoms with van der Waals surface area (Å²) >= 11 is 0. The highest BCUT2D eigenvalue weighted by Crippen LogP contribution is 2.12. The number of aliphatic hydroxyl groups is 1. The summed E-state index contributed by atoms with van der Waals surface area (Å²) in [6, 6.07) is 0. The fraction of sp³-hybridized carbons (Fsp3) is 1.00. The number of hydrogen-bond donors (Lipinski definition) is 2. The van der Waals surface area contributed by atoms with Crippen molar-refractivity contribution in [3.05, 3.63) is 0 Å². The van der Waals surface area contributed by atoms with Crippen molar-refractivity contribution >= 4 is 0 Å². The molecule has 3 nitrogen and oxygen atoms in total. The second-order valence-corrected chi connectivity index (χ2v) is 7.21. The van der Waals surface area contributed by atoms with E-state index in [0.29, 0.717) is 0 Å². The van der Waals surface area contributed by atoms with Crippen LogP contribution in [-0.4, -0.2) is 48.8 Å². The molecule has 0 aromatic heterocycles. The third kappa shape index (κ3) is 16.7. The summed E-state index contributed by atoms with van der Waals surface area (Å²) in [5, 5.41) is 13.4. The largest absolute Gasteiger partial charge is 0.392 e. The number of nitrogens with one attached hydrogen (secondary N) is 1. The van der Waals surface area contributed by atoms with E-state index in [4.69, 9.17) is 0 Å². The van der Waals surface area contributed by atoms with Gasteiger partial charge in [-0.15, -0.1) is 0 Å². The van der Waals surface area contributed by atoms with Crippen molar-refractivity contribution < 1.29 is 5.11 Å². The van der Waals surface area contributed by atoms with Gasteiger partial charge in [-0.25, -0.2) is 0 Å². The fourth-order valence-electron chi connectivity index (χ4n) is 3.19. The van der Waals surface area contributed by atoms with Crippen LogP contribution in [0.3, 0.4) is 0 Å². The molecule has 146 valence electrons. The maximum Gasteiger partial charge on any atom is 0.0664 e. The molecule has 24 heavy (non-hydrogen) atoms. The standard InChI is InChI=1S/C21H46N2O/c1-4-7-8-9-10-11-12-13-14-15-16-17-21(24)20-22-18-19-23(5-2)6-3/h21-22,24H,4-20H2,1-3H3. The van der Waals surface area contributed by atoms with Crippen molar-refractivity contribution in [1.29, 1.82) is 0 Å². The highest BCUT2D eigenvalue weighted by molar-refractivity contribution is 4.62. The predicted octanol–water partition coefficient (Wildman–Crippen LogP) is 4.98. The molecule has 0 aliphatic carbocycles. The van der Waals surface area contributed by atoms with Crippen LogP contribution < -0.4 is 5.32 Å². The Kier molecular flexibility index (Phi) is 19.1. The zero-order chi connectivity index (χ0) is 17.9. The molecule has 0 amide bonds. The first kappa shape index (κ1) is 23.9. The average molecular weight is 343 g/mol. The molecule has 0 saturated carbocycles. The second kappa shape index (κ2) is 19.2. The lowest BCUT2D eigenvalue weighted by molar-refractivity contribution is 0.156. The van der Waals surface area contributed by atoms with Crippen molar-refractivity contribution in [3.63, 3.8) is 0 Å². The van der Waals surface area contributed by atoms with E-state index < -0.39 is 0 Å². The smallest absolute Gasteiger partial charge is 0.0664 e. The zero-order valence-corrected chi connectivity index (χ0v) is 17.0. The summed E-state index contributed by atoms with van der Waals surface area (Å²) in [4.78, 5) is 2.41. The van der Waals surface area contributed by atoms with Crippen LogP contribution in [0.2, 0.25) is 0 Å². The van der Waals surface area contributed by atoms with Crippen LogP contribution in [0.4, 0.5) is 0 Å². The molecule has 1 atom stereocenters. The molecular weight excluding hydrogens is 296 g/mol. The molecule has 0 aliphatic rings. The Bertz CT molecular complexity index is 232. The Labute approximate surface area is 152 Å². The number of aliphatic hydroxyl groups excluding tert-OH is 1. The van der Waals surface area contributed by atoms with Gasteiger partial charge in [0.2, 0.25) is 0 Å². The van der Waals surface area contributed by atoms with Gasteiger partial charge in [-0.3, -0.25) is 0 Å². The number of unbranched alkanes of at least 4 members (excludes halogenated alkanes) is 10. The lowest BCUT2D eigenvalue weighted by Gasteiger charge is -2.19. The van der Waals surface area contributed by atoms with Crippen LogP contribution in [0.15, 0.2) is 0 Å². The lowest BCUT2D eigenvalue weighted by Crippen LogP contribution is -2.35. The quantitative estimate of drug-likeness (QED) is 0.325. The summed E-state index contributed by atoms with van der Waals surface area (Å²) < 4.78 is 0. The van der Waals surface area contributed by atoms with Crippen molar-refractivity contribution in [2.75, 3.05) is 32.7 Å². The van der Waals surface area contributed by atoms with E-state index in [0.717, 1.165) is 39.1 Å². The van der Waals surface area contributed by atoms with Crippen LogP contribution in [0.25, 0.3) is 0 Å².